The molecular weight excluding hydrogens is 394 g/mol. The number of piperazine rings is 1. The molecule has 1 aliphatic heterocycles. The molecule has 130 valence electrons. The maximum Gasteiger partial charge on any atom is 0.256 e. The average Bonchev–Trinajstić information content (AvgIpc) is 2.61. The first kappa shape index (κ1) is 17.5. The zero-order valence-electron chi connectivity index (χ0n) is 13.2. The van der Waals surface area contributed by atoms with E-state index in [4.69, 9.17) is 0 Å². The van der Waals surface area contributed by atoms with Crippen molar-refractivity contribution in [2.75, 3.05) is 26.2 Å². The lowest BCUT2D eigenvalue weighted by Crippen LogP contribution is -2.50. The van der Waals surface area contributed by atoms with Crippen LogP contribution in [0.25, 0.3) is 0 Å². The molecule has 7 heteroatoms. The van der Waals surface area contributed by atoms with Gasteiger partial charge in [0.05, 0.1) is 5.56 Å². The lowest BCUT2D eigenvalue weighted by molar-refractivity contribution is 0.0532. The third-order valence-electron chi connectivity index (χ3n) is 4.09. The fraction of sp³-hybridized carbons (Fsp3) is 0.222. The van der Waals surface area contributed by atoms with Crippen LogP contribution < -0.4 is 0 Å². The van der Waals surface area contributed by atoms with E-state index in [1.54, 1.807) is 23.1 Å². The zero-order valence-corrected chi connectivity index (χ0v) is 14.8. The summed E-state index contributed by atoms with van der Waals surface area (Å²) in [5.74, 6) is -2.20. The van der Waals surface area contributed by atoms with Crippen molar-refractivity contribution in [3.63, 3.8) is 0 Å². The number of halogens is 3. The smallest absolute Gasteiger partial charge is 0.256 e. The van der Waals surface area contributed by atoms with Crippen molar-refractivity contribution in [2.45, 2.75) is 0 Å². The van der Waals surface area contributed by atoms with Gasteiger partial charge in [0.1, 0.15) is 11.6 Å². The van der Waals surface area contributed by atoms with Crippen molar-refractivity contribution < 1.29 is 18.4 Å². The van der Waals surface area contributed by atoms with E-state index in [0.29, 0.717) is 37.8 Å². The minimum Gasteiger partial charge on any atom is -0.335 e. The zero-order chi connectivity index (χ0) is 18.0. The molecule has 0 atom stereocenters. The maximum absolute atomic E-state index is 13.8. The van der Waals surface area contributed by atoms with Crippen LogP contribution in [0.2, 0.25) is 0 Å². The summed E-state index contributed by atoms with van der Waals surface area (Å²) in [5.41, 5.74) is 0.409. The minimum atomic E-state index is -0.877. The molecule has 1 aliphatic rings. The van der Waals surface area contributed by atoms with Crippen LogP contribution in [-0.4, -0.2) is 47.8 Å². The van der Waals surface area contributed by atoms with Crippen LogP contribution >= 0.6 is 15.9 Å². The Morgan fingerprint density at radius 1 is 0.880 bits per heavy atom. The highest BCUT2D eigenvalue weighted by Gasteiger charge is 2.27. The molecule has 2 aromatic carbocycles. The second-order valence-corrected chi connectivity index (χ2v) is 6.63. The number of amides is 2. The molecule has 1 fully saturated rings. The molecule has 0 bridgehead atoms. The van der Waals surface area contributed by atoms with E-state index in [2.05, 4.69) is 15.9 Å². The Hall–Kier alpha value is -2.28. The summed E-state index contributed by atoms with van der Waals surface area (Å²) in [7, 11) is 0. The van der Waals surface area contributed by atoms with E-state index in [1.807, 2.05) is 6.07 Å². The molecule has 1 saturated heterocycles. The van der Waals surface area contributed by atoms with Crippen LogP contribution in [-0.2, 0) is 0 Å². The topological polar surface area (TPSA) is 40.6 Å². The Morgan fingerprint density at radius 3 is 2.12 bits per heavy atom. The molecule has 3 rings (SSSR count). The number of carbonyl (C=O) groups is 2. The summed E-state index contributed by atoms with van der Waals surface area (Å²) < 4.78 is 27.6. The second-order valence-electron chi connectivity index (χ2n) is 5.72. The predicted octanol–water partition coefficient (Wildman–Crippen LogP) is 3.33. The highest BCUT2D eigenvalue weighted by Crippen LogP contribution is 2.17. The first-order valence-electron chi connectivity index (χ1n) is 7.75. The summed E-state index contributed by atoms with van der Waals surface area (Å²) in [4.78, 5) is 28.0. The molecule has 25 heavy (non-hydrogen) atoms. The Kier molecular flexibility index (Phi) is 5.13. The molecule has 0 radical (unpaired) electrons. The predicted molar refractivity (Wildman–Crippen MR) is 92.3 cm³/mol. The van der Waals surface area contributed by atoms with Crippen LogP contribution in [0.5, 0.6) is 0 Å². The van der Waals surface area contributed by atoms with Gasteiger partial charge in [-0.25, -0.2) is 8.78 Å². The average molecular weight is 409 g/mol. The molecule has 0 N–H and O–H groups in total. The standard InChI is InChI=1S/C18H15BrF2N2O2/c19-13-3-1-2-12(10-13)17(24)22-6-8-23(9-7-22)18(25)15-5-4-14(20)11-16(15)21/h1-5,10-11H,6-9H2. The Bertz CT molecular complexity index is 820. The molecule has 0 saturated carbocycles. The van der Waals surface area contributed by atoms with Gasteiger partial charge < -0.3 is 9.80 Å². The van der Waals surface area contributed by atoms with Crippen molar-refractivity contribution in [3.05, 3.63) is 69.7 Å². The minimum absolute atomic E-state index is 0.110. The first-order valence-corrected chi connectivity index (χ1v) is 8.54. The lowest BCUT2D eigenvalue weighted by Gasteiger charge is -2.35. The highest BCUT2D eigenvalue weighted by molar-refractivity contribution is 9.10. The number of hydrogen-bond donors (Lipinski definition) is 0. The summed E-state index contributed by atoms with van der Waals surface area (Å²) >= 11 is 3.33. The van der Waals surface area contributed by atoms with Gasteiger partial charge >= 0.3 is 0 Å². The summed E-state index contributed by atoms with van der Waals surface area (Å²) in [6.07, 6.45) is 0. The SMILES string of the molecule is O=C(c1cccc(Br)c1)N1CCN(C(=O)c2ccc(F)cc2F)CC1. The van der Waals surface area contributed by atoms with Crippen molar-refractivity contribution in [1.29, 1.82) is 0 Å². The van der Waals surface area contributed by atoms with Crippen LogP contribution in [0.4, 0.5) is 8.78 Å². The van der Waals surface area contributed by atoms with E-state index in [-0.39, 0.29) is 11.5 Å². The third-order valence-corrected chi connectivity index (χ3v) is 4.58. The van der Waals surface area contributed by atoms with Gasteiger partial charge in [-0.05, 0) is 30.3 Å². The second kappa shape index (κ2) is 7.31. The molecule has 0 aromatic heterocycles. The lowest BCUT2D eigenvalue weighted by atomic mass is 10.1. The van der Waals surface area contributed by atoms with E-state index in [1.165, 1.54) is 4.90 Å². The number of benzene rings is 2. The number of carbonyl (C=O) groups excluding carboxylic acids is 2. The Morgan fingerprint density at radius 2 is 1.52 bits per heavy atom. The van der Waals surface area contributed by atoms with Crippen molar-refractivity contribution in [1.82, 2.24) is 9.80 Å². The van der Waals surface area contributed by atoms with Gasteiger partial charge in [-0.15, -0.1) is 0 Å². The summed E-state index contributed by atoms with van der Waals surface area (Å²) in [6.45, 7) is 1.32. The Balaban J connectivity index is 1.65. The van der Waals surface area contributed by atoms with Crippen LogP contribution in [0.3, 0.4) is 0 Å². The van der Waals surface area contributed by atoms with Gasteiger partial charge in [0.15, 0.2) is 0 Å². The monoisotopic (exact) mass is 408 g/mol. The van der Waals surface area contributed by atoms with E-state index in [0.717, 1.165) is 16.6 Å². The van der Waals surface area contributed by atoms with Crippen LogP contribution in [0.15, 0.2) is 46.9 Å². The van der Waals surface area contributed by atoms with Gasteiger partial charge in [0.25, 0.3) is 11.8 Å². The van der Waals surface area contributed by atoms with Gasteiger partial charge in [0.2, 0.25) is 0 Å². The van der Waals surface area contributed by atoms with E-state index in [9.17, 15) is 18.4 Å². The number of nitrogens with zero attached hydrogens (tertiary/aromatic N) is 2. The van der Waals surface area contributed by atoms with Crippen molar-refractivity contribution in [3.8, 4) is 0 Å². The molecule has 4 nitrogen and oxygen atoms in total. The highest BCUT2D eigenvalue weighted by atomic mass is 79.9. The summed E-state index contributed by atoms with van der Waals surface area (Å²) in [6, 6.07) is 10.0. The van der Waals surface area contributed by atoms with Gasteiger partial charge in [-0.2, -0.15) is 0 Å². The van der Waals surface area contributed by atoms with Gasteiger partial charge in [-0.1, -0.05) is 22.0 Å². The quantitative estimate of drug-likeness (QED) is 0.764. The normalized spacial score (nSPS) is 14.5. The third kappa shape index (κ3) is 3.87. The van der Waals surface area contributed by atoms with Crippen molar-refractivity contribution in [2.24, 2.45) is 0 Å². The maximum atomic E-state index is 13.8. The molecule has 0 unspecified atom stereocenters. The number of hydrogen-bond acceptors (Lipinski definition) is 2. The fourth-order valence-electron chi connectivity index (χ4n) is 2.75. The molecule has 0 aliphatic carbocycles. The number of rotatable bonds is 2. The molecule has 0 spiro atoms. The van der Waals surface area contributed by atoms with Gasteiger partial charge in [0, 0.05) is 42.3 Å². The fourth-order valence-corrected chi connectivity index (χ4v) is 3.15. The first-order chi connectivity index (χ1) is 12.0. The molecule has 2 aromatic rings. The summed E-state index contributed by atoms with van der Waals surface area (Å²) in [5, 5.41) is 0. The Labute approximate surface area is 152 Å². The largest absolute Gasteiger partial charge is 0.335 e. The molecule has 1 heterocycles. The van der Waals surface area contributed by atoms with Crippen LogP contribution in [0.1, 0.15) is 20.7 Å². The van der Waals surface area contributed by atoms with Crippen molar-refractivity contribution >= 4 is 27.7 Å². The molecular formula is C18H15BrF2N2O2. The molecule has 2 amide bonds. The van der Waals surface area contributed by atoms with Crippen LogP contribution in [0, 0.1) is 11.6 Å². The van der Waals surface area contributed by atoms with E-state index >= 15 is 0 Å². The van der Waals surface area contributed by atoms with Gasteiger partial charge in [-0.3, -0.25) is 9.59 Å². The van der Waals surface area contributed by atoms with E-state index < -0.39 is 17.5 Å².